The van der Waals surface area contributed by atoms with Crippen LogP contribution in [0.25, 0.3) is 0 Å². The van der Waals surface area contributed by atoms with Gasteiger partial charge in [-0.25, -0.2) is 18.4 Å². The summed E-state index contributed by atoms with van der Waals surface area (Å²) >= 11 is 0. The number of ether oxygens (including phenoxy) is 6. The topological polar surface area (TPSA) is 196 Å². The first-order chi connectivity index (χ1) is 25.3. The van der Waals surface area contributed by atoms with Crippen LogP contribution < -0.4 is 9.47 Å². The van der Waals surface area contributed by atoms with Crippen molar-refractivity contribution in [2.75, 3.05) is 26.9 Å². The molecule has 1 saturated heterocycles. The summed E-state index contributed by atoms with van der Waals surface area (Å²) in [5.74, 6) is -5.22. The van der Waals surface area contributed by atoms with Gasteiger partial charge in [-0.1, -0.05) is 13.0 Å². The number of hydrogen-bond donors (Lipinski definition) is 1. The second-order valence-electron chi connectivity index (χ2n) is 15.3. The number of allylic oxidation sites excluding steroid dienone is 4. The number of unbranched alkanes of at least 4 members (excludes halogenated alkanes) is 1. The Bertz CT molecular complexity index is 1800. The van der Waals surface area contributed by atoms with Crippen molar-refractivity contribution >= 4 is 23.7 Å². The molecule has 6 rings (SSSR count). The monoisotopic (exact) mass is 763 g/mol. The highest BCUT2D eigenvalue weighted by Crippen LogP contribution is 2.72. The molecule has 4 aliphatic carbocycles. The van der Waals surface area contributed by atoms with Crippen LogP contribution in [0.4, 0.5) is 13.6 Å². The first-order valence-electron chi connectivity index (χ1n) is 17.7. The van der Waals surface area contributed by atoms with Crippen molar-refractivity contribution in [2.45, 2.75) is 95.2 Å². The molecule has 0 unspecified atom stereocenters. The minimum absolute atomic E-state index is 0.0255. The largest absolute Gasteiger partial charge is 0.514 e. The predicted octanol–water partition coefficient (Wildman–Crippen LogP) is 4.74. The normalized spacial score (nSPS) is 35.7. The number of fused-ring (bicyclic) bond motifs is 7. The average molecular weight is 764 g/mol. The minimum Gasteiger partial charge on any atom is -0.493 e. The summed E-state index contributed by atoms with van der Waals surface area (Å²) in [7, 11) is 1.26. The van der Waals surface area contributed by atoms with Crippen molar-refractivity contribution in [3.8, 4) is 11.5 Å². The van der Waals surface area contributed by atoms with Gasteiger partial charge in [0.15, 0.2) is 40.9 Å². The van der Waals surface area contributed by atoms with Gasteiger partial charge in [-0.2, -0.15) is 0 Å². The van der Waals surface area contributed by atoms with E-state index in [2.05, 4.69) is 4.84 Å². The number of methoxy groups -OCH3 is 1. The summed E-state index contributed by atoms with van der Waals surface area (Å²) < 4.78 is 67.2. The molecule has 54 heavy (non-hydrogen) atoms. The standard InChI is InChI=1S/C37H43F2NO14/c1-33(2)53-30-17-22-23-16-25(38)24-15-21(41)10-11-34(24,3)36(23,39)28(42)18-35(22,4)37(30,54-33)29(43)19-50-32(45)52-26-9-8-20(14-27(26)48-5)31(44)49-12-6-7-13-51-40(46)47/h8-11,14-15,22-23,25,28,30,42H,6-7,12-13,16-19H2,1-5H3/t22-,23-,25-,28-,30+,34-,35-,36-,37+/m0/s1. The lowest BCUT2D eigenvalue weighted by atomic mass is 9.44. The van der Waals surface area contributed by atoms with E-state index in [4.69, 9.17) is 28.4 Å². The maximum Gasteiger partial charge on any atom is 0.514 e. The Morgan fingerprint density at radius 2 is 1.78 bits per heavy atom. The van der Waals surface area contributed by atoms with Gasteiger partial charge in [0.25, 0.3) is 5.09 Å². The molecule has 1 heterocycles. The van der Waals surface area contributed by atoms with Crippen molar-refractivity contribution in [2.24, 2.45) is 22.7 Å². The molecule has 17 heteroatoms. The number of hydrogen-bond acceptors (Lipinski definition) is 14. The van der Waals surface area contributed by atoms with Gasteiger partial charge in [0.1, 0.15) is 6.17 Å². The van der Waals surface area contributed by atoms with Gasteiger partial charge in [-0.05, 0) is 94.7 Å². The second-order valence-corrected chi connectivity index (χ2v) is 15.3. The number of esters is 1. The third kappa shape index (κ3) is 6.23. The van der Waals surface area contributed by atoms with Crippen LogP contribution in [-0.2, 0) is 33.4 Å². The van der Waals surface area contributed by atoms with E-state index >= 15 is 8.78 Å². The number of aliphatic hydroxyl groups is 1. The van der Waals surface area contributed by atoms with E-state index < -0.39 is 93.5 Å². The summed E-state index contributed by atoms with van der Waals surface area (Å²) in [4.78, 5) is 66.4. The van der Waals surface area contributed by atoms with Gasteiger partial charge in [0.2, 0.25) is 5.78 Å². The molecule has 9 atom stereocenters. The van der Waals surface area contributed by atoms with Crippen LogP contribution in [0.1, 0.15) is 70.2 Å². The number of carbonyl (C=O) groups is 4. The number of alkyl halides is 2. The first-order valence-corrected chi connectivity index (χ1v) is 17.7. The molecule has 4 fully saturated rings. The third-order valence-corrected chi connectivity index (χ3v) is 11.9. The molecule has 1 aliphatic heterocycles. The lowest BCUT2D eigenvalue weighted by Crippen LogP contribution is -2.71. The first kappa shape index (κ1) is 39.2. The van der Waals surface area contributed by atoms with Crippen molar-refractivity contribution in [1.29, 1.82) is 0 Å². The number of Topliss-reactive ketones (excluding diaryl/α,β-unsaturated/α-hetero) is 1. The number of ketones is 2. The molecule has 3 saturated carbocycles. The van der Waals surface area contributed by atoms with Crippen LogP contribution in [0.3, 0.4) is 0 Å². The quantitative estimate of drug-likeness (QED) is 0.101. The summed E-state index contributed by atoms with van der Waals surface area (Å²) in [6, 6.07) is 3.81. The molecule has 0 spiro atoms. The van der Waals surface area contributed by atoms with Crippen LogP contribution in [0, 0.1) is 32.8 Å². The lowest BCUT2D eigenvalue weighted by Gasteiger charge is -2.63. The van der Waals surface area contributed by atoms with Crippen molar-refractivity contribution in [3.63, 3.8) is 0 Å². The Morgan fingerprint density at radius 1 is 1.06 bits per heavy atom. The number of aliphatic hydroxyl groups excluding tert-OH is 1. The fraction of sp³-hybridized carbons (Fsp3) is 0.622. The molecule has 0 radical (unpaired) electrons. The van der Waals surface area contributed by atoms with E-state index in [0.29, 0.717) is 6.42 Å². The van der Waals surface area contributed by atoms with Crippen molar-refractivity contribution in [3.05, 3.63) is 57.7 Å². The van der Waals surface area contributed by atoms with E-state index in [1.165, 1.54) is 44.4 Å². The number of halogens is 2. The van der Waals surface area contributed by atoms with Crippen LogP contribution in [0.5, 0.6) is 11.5 Å². The Morgan fingerprint density at radius 3 is 2.48 bits per heavy atom. The minimum atomic E-state index is -2.39. The zero-order valence-electron chi connectivity index (χ0n) is 30.5. The highest BCUT2D eigenvalue weighted by atomic mass is 19.1. The summed E-state index contributed by atoms with van der Waals surface area (Å²) in [6.07, 6.45) is -1.95. The number of rotatable bonds is 12. The fourth-order valence-electron chi connectivity index (χ4n) is 9.62. The molecule has 294 valence electrons. The van der Waals surface area contributed by atoms with Crippen LogP contribution in [-0.4, -0.2) is 96.3 Å². The Kier molecular flexibility index (Phi) is 10.2. The average Bonchev–Trinajstić information content (AvgIpc) is 3.52. The SMILES string of the molecule is COc1cc(C(=O)OCCCCO[N+](=O)[O-])ccc1OC(=O)OCC(=O)[C@@]12OC(C)(C)O[C@@H]1C[C@H]1[C@@H]3C[C@H](F)C4=CC(=O)C=C[C@]4(C)[C@@]3(F)[C@@H](O)C[C@@]12C. The molecule has 1 aromatic rings. The molecular weight excluding hydrogens is 720 g/mol. The van der Waals surface area contributed by atoms with E-state index in [1.54, 1.807) is 20.8 Å². The smallest absolute Gasteiger partial charge is 0.493 e. The van der Waals surface area contributed by atoms with Crippen molar-refractivity contribution < 1.29 is 71.4 Å². The number of carbonyl (C=O) groups excluding carboxylic acids is 4. The molecular formula is C37H43F2NO14. The molecule has 1 aromatic carbocycles. The fourth-order valence-corrected chi connectivity index (χ4v) is 9.62. The Hall–Kier alpha value is -4.48. The summed E-state index contributed by atoms with van der Waals surface area (Å²) in [5, 5.41) is 21.0. The van der Waals surface area contributed by atoms with Crippen LogP contribution in [0.2, 0.25) is 0 Å². The molecule has 0 aromatic heterocycles. The van der Waals surface area contributed by atoms with Crippen LogP contribution in [0.15, 0.2) is 42.0 Å². The third-order valence-electron chi connectivity index (χ3n) is 11.9. The zero-order valence-corrected chi connectivity index (χ0v) is 30.5. The van der Waals surface area contributed by atoms with Gasteiger partial charge >= 0.3 is 12.1 Å². The molecule has 0 bridgehead atoms. The lowest BCUT2D eigenvalue weighted by molar-refractivity contribution is -0.757. The van der Waals surface area contributed by atoms with Gasteiger partial charge in [-0.15, -0.1) is 10.1 Å². The number of benzene rings is 1. The Balaban J connectivity index is 1.16. The maximum absolute atomic E-state index is 17.7. The van der Waals surface area contributed by atoms with E-state index in [-0.39, 0.29) is 61.5 Å². The van der Waals surface area contributed by atoms with Crippen molar-refractivity contribution in [1.82, 2.24) is 0 Å². The molecule has 15 nitrogen and oxygen atoms in total. The Labute approximate surface area is 309 Å². The summed E-state index contributed by atoms with van der Waals surface area (Å²) in [5.41, 5.74) is -7.12. The molecule has 0 amide bonds. The number of nitrogens with zero attached hydrogens (tertiary/aromatic N) is 1. The van der Waals surface area contributed by atoms with Gasteiger partial charge in [0, 0.05) is 16.7 Å². The van der Waals surface area contributed by atoms with E-state index in [0.717, 1.165) is 6.08 Å². The van der Waals surface area contributed by atoms with E-state index in [9.17, 15) is 34.4 Å². The maximum atomic E-state index is 17.7. The highest BCUT2D eigenvalue weighted by molar-refractivity contribution is 6.01. The van der Waals surface area contributed by atoms with Gasteiger partial charge in [-0.3, -0.25) is 9.59 Å². The second kappa shape index (κ2) is 14.0. The predicted molar refractivity (Wildman–Crippen MR) is 179 cm³/mol. The zero-order chi connectivity index (χ0) is 39.4. The van der Waals surface area contributed by atoms with Gasteiger partial charge in [0.05, 0.1) is 38.1 Å². The van der Waals surface area contributed by atoms with E-state index in [1.807, 2.05) is 0 Å². The van der Waals surface area contributed by atoms with Gasteiger partial charge < -0.3 is 38.4 Å². The molecule has 1 N–H and O–H groups in total. The highest BCUT2D eigenvalue weighted by Gasteiger charge is 2.80. The molecule has 5 aliphatic rings. The summed E-state index contributed by atoms with van der Waals surface area (Å²) in [6.45, 7) is 5.34. The van der Waals surface area contributed by atoms with Crippen LogP contribution >= 0.6 is 0 Å².